The number of nitrogens with zero attached hydrogens (tertiary/aromatic N) is 1. The molecule has 8 nitrogen and oxygen atoms in total. The summed E-state index contributed by atoms with van der Waals surface area (Å²) in [7, 11) is 3.17. The van der Waals surface area contributed by atoms with Crippen molar-refractivity contribution < 1.29 is 33.3 Å². The Hall–Kier alpha value is -3.30. The first-order valence-electron chi connectivity index (χ1n) is 14.9. The van der Waals surface area contributed by atoms with Crippen LogP contribution in [0.25, 0.3) is 0 Å². The van der Waals surface area contributed by atoms with Crippen LogP contribution >= 0.6 is 23.2 Å². The number of rotatable bonds is 12. The molecule has 242 valence electrons. The Morgan fingerprint density at radius 1 is 0.933 bits per heavy atom. The predicted molar refractivity (Wildman–Crippen MR) is 174 cm³/mol. The van der Waals surface area contributed by atoms with Crippen molar-refractivity contribution in [3.63, 3.8) is 0 Å². The van der Waals surface area contributed by atoms with Crippen molar-refractivity contribution in [2.24, 2.45) is 0 Å². The molecule has 1 fully saturated rings. The fraction of sp³-hybridized carbons (Fsp3) is 0.429. The van der Waals surface area contributed by atoms with Crippen molar-refractivity contribution >= 4 is 35.1 Å². The third kappa shape index (κ3) is 8.91. The quantitative estimate of drug-likeness (QED) is 0.184. The van der Waals surface area contributed by atoms with Gasteiger partial charge in [0.1, 0.15) is 17.8 Å². The zero-order valence-corrected chi connectivity index (χ0v) is 28.1. The van der Waals surface area contributed by atoms with Crippen molar-refractivity contribution in [3.05, 3.63) is 93.5 Å². The molecular formula is C35H41Cl2NO7. The third-order valence-corrected chi connectivity index (χ3v) is 7.97. The van der Waals surface area contributed by atoms with Crippen LogP contribution in [0.3, 0.4) is 0 Å². The second-order valence-electron chi connectivity index (χ2n) is 11.9. The Labute approximate surface area is 275 Å². The van der Waals surface area contributed by atoms with E-state index in [0.29, 0.717) is 34.6 Å². The van der Waals surface area contributed by atoms with E-state index >= 15 is 0 Å². The summed E-state index contributed by atoms with van der Waals surface area (Å²) in [6.45, 7) is 7.89. The molecule has 0 saturated carbocycles. The highest BCUT2D eigenvalue weighted by molar-refractivity contribution is 6.30. The summed E-state index contributed by atoms with van der Waals surface area (Å²) in [6.07, 6.45) is -1.37. The smallest absolute Gasteiger partial charge is 0.309 e. The number of amides is 1. The fourth-order valence-corrected chi connectivity index (χ4v) is 5.78. The lowest BCUT2D eigenvalue weighted by Gasteiger charge is -2.48. The van der Waals surface area contributed by atoms with Gasteiger partial charge in [-0.25, -0.2) is 0 Å². The highest BCUT2D eigenvalue weighted by Gasteiger charge is 2.47. The lowest BCUT2D eigenvalue weighted by Crippen LogP contribution is -2.56. The second kappa shape index (κ2) is 15.3. The van der Waals surface area contributed by atoms with Gasteiger partial charge in [-0.3, -0.25) is 9.59 Å². The maximum atomic E-state index is 14.4. The lowest BCUT2D eigenvalue weighted by atomic mass is 9.89. The van der Waals surface area contributed by atoms with Gasteiger partial charge in [0.25, 0.3) is 5.91 Å². The van der Waals surface area contributed by atoms with Gasteiger partial charge >= 0.3 is 5.97 Å². The number of halogens is 2. The molecule has 1 amide bonds. The molecule has 1 unspecified atom stereocenters. The summed E-state index contributed by atoms with van der Waals surface area (Å²) < 4.78 is 29.1. The zero-order chi connectivity index (χ0) is 32.7. The molecule has 3 aromatic rings. The maximum absolute atomic E-state index is 14.4. The third-order valence-electron chi connectivity index (χ3n) is 7.48. The van der Waals surface area contributed by atoms with E-state index in [2.05, 4.69) is 0 Å². The van der Waals surface area contributed by atoms with Gasteiger partial charge in [-0.2, -0.15) is 0 Å². The van der Waals surface area contributed by atoms with Crippen LogP contribution in [0.1, 0.15) is 69.4 Å². The van der Waals surface area contributed by atoms with E-state index in [1.54, 1.807) is 53.2 Å². The SMILES string of the molecule is CCC(COCc1ccc(OC)c(OC)c1)N1C(=O)[C@H](CC(=O)OC(C)(C)C)O[C@@H](c2cccc(Cl)c2)[C@H]1c1ccc(Cl)cc1. The Balaban J connectivity index is 1.70. The van der Waals surface area contributed by atoms with Crippen LogP contribution in [0.4, 0.5) is 0 Å². The van der Waals surface area contributed by atoms with Gasteiger partial charge in [-0.05, 0) is 80.3 Å². The first kappa shape index (κ1) is 34.6. The minimum absolute atomic E-state index is 0.236. The monoisotopic (exact) mass is 657 g/mol. The summed E-state index contributed by atoms with van der Waals surface area (Å²) >= 11 is 12.7. The van der Waals surface area contributed by atoms with Crippen LogP contribution in [-0.4, -0.2) is 55.3 Å². The van der Waals surface area contributed by atoms with Gasteiger partial charge in [0, 0.05) is 10.0 Å². The average molecular weight is 659 g/mol. The number of benzene rings is 3. The summed E-state index contributed by atoms with van der Waals surface area (Å²) in [4.78, 5) is 29.2. The number of carbonyl (C=O) groups excluding carboxylic acids is 2. The van der Waals surface area contributed by atoms with Gasteiger partial charge in [-0.15, -0.1) is 0 Å². The Bertz CT molecular complexity index is 1460. The largest absolute Gasteiger partial charge is 0.493 e. The van der Waals surface area contributed by atoms with Crippen LogP contribution < -0.4 is 9.47 Å². The molecule has 1 heterocycles. The maximum Gasteiger partial charge on any atom is 0.309 e. The number of morpholine rings is 1. The van der Waals surface area contributed by atoms with Crippen LogP contribution in [0.5, 0.6) is 11.5 Å². The second-order valence-corrected chi connectivity index (χ2v) is 12.8. The highest BCUT2D eigenvalue weighted by atomic mass is 35.5. The summed E-state index contributed by atoms with van der Waals surface area (Å²) in [5.74, 6) is 0.389. The van der Waals surface area contributed by atoms with Crippen LogP contribution in [0, 0.1) is 0 Å². The Morgan fingerprint density at radius 3 is 2.27 bits per heavy atom. The van der Waals surface area contributed by atoms with E-state index in [1.807, 2.05) is 60.4 Å². The highest BCUT2D eigenvalue weighted by Crippen LogP contribution is 2.45. The first-order valence-corrected chi connectivity index (χ1v) is 15.7. The van der Waals surface area contributed by atoms with E-state index in [4.69, 9.17) is 46.9 Å². The number of methoxy groups -OCH3 is 2. The molecule has 1 saturated heterocycles. The molecule has 0 aromatic heterocycles. The molecule has 45 heavy (non-hydrogen) atoms. The van der Waals surface area contributed by atoms with Gasteiger partial charge in [0.05, 0.1) is 45.9 Å². The van der Waals surface area contributed by atoms with Gasteiger partial charge < -0.3 is 28.6 Å². The summed E-state index contributed by atoms with van der Waals surface area (Å²) in [5.41, 5.74) is 1.78. The molecule has 0 spiro atoms. The molecule has 1 aliphatic rings. The number of hydrogen-bond donors (Lipinski definition) is 0. The van der Waals surface area contributed by atoms with E-state index in [-0.39, 0.29) is 25.0 Å². The molecule has 10 heteroatoms. The Morgan fingerprint density at radius 2 is 1.64 bits per heavy atom. The van der Waals surface area contributed by atoms with E-state index in [1.165, 1.54) is 0 Å². The topological polar surface area (TPSA) is 83.5 Å². The van der Waals surface area contributed by atoms with Crippen molar-refractivity contribution in [2.45, 2.75) is 77.0 Å². The molecule has 1 aliphatic heterocycles. The standard InChI is InChI=1S/C35H41Cl2NO7/c1-7-27(21-43-20-22-11-16-28(41-5)29(17-22)42-6)38-32(23-12-14-25(36)15-13-23)33(24-9-8-10-26(37)18-24)44-30(34(38)40)19-31(39)45-35(2,3)4/h8-18,27,30,32-33H,7,19-21H2,1-6H3/t27?,30-,32+,33-/m0/s1. The summed E-state index contributed by atoms with van der Waals surface area (Å²) in [5, 5.41) is 1.10. The number of hydrogen-bond acceptors (Lipinski definition) is 7. The molecule has 0 N–H and O–H groups in total. The normalized spacial score (nSPS) is 19.2. The molecule has 0 radical (unpaired) electrons. The van der Waals surface area contributed by atoms with E-state index in [9.17, 15) is 9.59 Å². The molecule has 4 rings (SSSR count). The van der Waals surface area contributed by atoms with Gasteiger partial charge in [0.2, 0.25) is 0 Å². The zero-order valence-electron chi connectivity index (χ0n) is 26.5. The number of carbonyl (C=O) groups is 2. The molecule has 3 aromatic carbocycles. The minimum Gasteiger partial charge on any atom is -0.493 e. The van der Waals surface area contributed by atoms with Crippen LogP contribution in [0.15, 0.2) is 66.7 Å². The van der Waals surface area contributed by atoms with Crippen molar-refractivity contribution in [3.8, 4) is 11.5 Å². The van der Waals surface area contributed by atoms with Gasteiger partial charge in [0.15, 0.2) is 11.5 Å². The predicted octanol–water partition coefficient (Wildman–Crippen LogP) is 7.75. The van der Waals surface area contributed by atoms with Crippen molar-refractivity contribution in [1.29, 1.82) is 0 Å². The first-order chi connectivity index (χ1) is 21.4. The molecule has 0 aliphatic carbocycles. The molecular weight excluding hydrogens is 617 g/mol. The number of ether oxygens (including phenoxy) is 5. The van der Waals surface area contributed by atoms with E-state index < -0.39 is 29.8 Å². The fourth-order valence-electron chi connectivity index (χ4n) is 5.45. The van der Waals surface area contributed by atoms with Crippen LogP contribution in [-0.2, 0) is 30.4 Å². The van der Waals surface area contributed by atoms with E-state index in [0.717, 1.165) is 16.7 Å². The molecule has 4 atom stereocenters. The van der Waals surface area contributed by atoms with Crippen molar-refractivity contribution in [2.75, 3.05) is 20.8 Å². The van der Waals surface area contributed by atoms with Gasteiger partial charge in [-0.1, -0.05) is 60.5 Å². The number of esters is 1. The molecule has 0 bridgehead atoms. The lowest BCUT2D eigenvalue weighted by molar-refractivity contribution is -0.188. The van der Waals surface area contributed by atoms with Crippen molar-refractivity contribution in [1.82, 2.24) is 4.90 Å². The van der Waals surface area contributed by atoms with Crippen LogP contribution in [0.2, 0.25) is 10.0 Å². The summed E-state index contributed by atoms with van der Waals surface area (Å²) in [6, 6.07) is 19.4. The average Bonchev–Trinajstić information content (AvgIpc) is 3.00. The minimum atomic E-state index is -1.08. The Kier molecular flexibility index (Phi) is 11.8.